The van der Waals surface area contributed by atoms with Crippen molar-refractivity contribution in [3.63, 3.8) is 0 Å². The first kappa shape index (κ1) is 19.7. The van der Waals surface area contributed by atoms with Crippen LogP contribution in [0.2, 0.25) is 0 Å². The second-order valence-corrected chi connectivity index (χ2v) is 9.16. The summed E-state index contributed by atoms with van der Waals surface area (Å²) in [6, 6.07) is 6.31. The topological polar surface area (TPSA) is 81.8 Å². The van der Waals surface area contributed by atoms with Crippen LogP contribution in [-0.2, 0) is 22.7 Å². The van der Waals surface area contributed by atoms with Gasteiger partial charge in [0.05, 0.1) is 0 Å². The molecule has 0 radical (unpaired) electrons. The fourth-order valence-corrected chi connectivity index (χ4v) is 5.75. The highest BCUT2D eigenvalue weighted by molar-refractivity contribution is 6.05. The number of carbonyl (C=O) groups excluding carboxylic acids is 3. The molecule has 0 bridgehead atoms. The van der Waals surface area contributed by atoms with Crippen molar-refractivity contribution < 1.29 is 14.4 Å². The summed E-state index contributed by atoms with van der Waals surface area (Å²) < 4.78 is 0. The number of fused-ring (bicyclic) bond motifs is 1. The Labute approximate surface area is 177 Å². The molecule has 1 aromatic rings. The fourth-order valence-electron chi connectivity index (χ4n) is 5.75. The van der Waals surface area contributed by atoms with Crippen molar-refractivity contribution in [3.8, 4) is 0 Å². The van der Waals surface area contributed by atoms with E-state index in [-0.39, 0.29) is 24.1 Å². The predicted octanol–water partition coefficient (Wildman–Crippen LogP) is 1.41. The van der Waals surface area contributed by atoms with Crippen LogP contribution in [-0.4, -0.2) is 59.2 Å². The maximum absolute atomic E-state index is 13.1. The third kappa shape index (κ3) is 3.65. The van der Waals surface area contributed by atoms with Gasteiger partial charge in [-0.05, 0) is 74.8 Å². The van der Waals surface area contributed by atoms with E-state index >= 15 is 0 Å². The number of imide groups is 1. The number of nitrogens with zero attached hydrogens (tertiary/aromatic N) is 2. The van der Waals surface area contributed by atoms with E-state index in [1.54, 1.807) is 4.90 Å². The maximum atomic E-state index is 13.1. The van der Waals surface area contributed by atoms with Crippen molar-refractivity contribution in [2.24, 2.45) is 5.92 Å². The Bertz CT molecular complexity index is 864. The summed E-state index contributed by atoms with van der Waals surface area (Å²) >= 11 is 0. The van der Waals surface area contributed by atoms with Crippen molar-refractivity contribution in [2.45, 2.75) is 63.7 Å². The Balaban J connectivity index is 1.29. The van der Waals surface area contributed by atoms with E-state index in [2.05, 4.69) is 21.6 Å². The predicted molar refractivity (Wildman–Crippen MR) is 112 cm³/mol. The zero-order valence-electron chi connectivity index (χ0n) is 17.4. The van der Waals surface area contributed by atoms with E-state index in [1.807, 2.05) is 12.1 Å². The second-order valence-electron chi connectivity index (χ2n) is 9.16. The van der Waals surface area contributed by atoms with Gasteiger partial charge >= 0.3 is 0 Å². The van der Waals surface area contributed by atoms with E-state index in [0.717, 1.165) is 43.2 Å². The van der Waals surface area contributed by atoms with E-state index in [4.69, 9.17) is 0 Å². The average Bonchev–Trinajstić information content (AvgIpc) is 3.34. The molecule has 2 atom stereocenters. The minimum Gasteiger partial charge on any atom is -0.322 e. The Hall–Kier alpha value is -2.25. The first-order chi connectivity index (χ1) is 14.6. The van der Waals surface area contributed by atoms with Crippen LogP contribution in [0.5, 0.6) is 0 Å². The Kier molecular flexibility index (Phi) is 5.33. The smallest absolute Gasteiger partial charge is 0.255 e. The first-order valence-corrected chi connectivity index (χ1v) is 11.3. The third-order valence-electron chi connectivity index (χ3n) is 7.32. The molecule has 3 amide bonds. The van der Waals surface area contributed by atoms with Gasteiger partial charge in [0.15, 0.2) is 0 Å². The molecule has 0 aliphatic carbocycles. The van der Waals surface area contributed by atoms with Crippen molar-refractivity contribution in [3.05, 3.63) is 34.9 Å². The van der Waals surface area contributed by atoms with Gasteiger partial charge in [-0.25, -0.2) is 0 Å². The molecule has 4 heterocycles. The highest BCUT2D eigenvalue weighted by Gasteiger charge is 2.39. The van der Waals surface area contributed by atoms with Gasteiger partial charge in [0.25, 0.3) is 5.91 Å². The lowest BCUT2D eigenvalue weighted by molar-refractivity contribution is -0.136. The number of nitrogens with one attached hydrogen (secondary N) is 2. The lowest BCUT2D eigenvalue weighted by Gasteiger charge is -2.34. The van der Waals surface area contributed by atoms with Gasteiger partial charge in [-0.15, -0.1) is 0 Å². The fraction of sp³-hybridized carbons (Fsp3) is 0.609. The molecule has 2 N–H and O–H groups in total. The molecule has 7 heteroatoms. The average molecular weight is 411 g/mol. The summed E-state index contributed by atoms with van der Waals surface area (Å²) in [5.74, 6) is 0.0802. The van der Waals surface area contributed by atoms with Crippen LogP contribution in [0.15, 0.2) is 18.2 Å². The molecule has 3 saturated heterocycles. The number of carbonyl (C=O) groups is 3. The molecule has 3 fully saturated rings. The molecular formula is C23H30N4O3. The van der Waals surface area contributed by atoms with Crippen LogP contribution >= 0.6 is 0 Å². The zero-order valence-corrected chi connectivity index (χ0v) is 17.4. The van der Waals surface area contributed by atoms with Crippen molar-refractivity contribution >= 4 is 17.7 Å². The molecule has 160 valence electrons. The summed E-state index contributed by atoms with van der Waals surface area (Å²) in [4.78, 5) is 41.0. The van der Waals surface area contributed by atoms with Gasteiger partial charge in [-0.3, -0.25) is 24.6 Å². The number of piperidine rings is 2. The standard InChI is InChI=1S/C23H30N4O3/c28-21-6-5-20(22(29)25-21)27-14-17-4-3-15(12-18(17)23(27)30)13-26-11-1-2-19(26)16-7-9-24-10-8-16/h3-4,12,16,19-20,24H,1-2,5-11,13-14H2,(H,25,28,29). The van der Waals surface area contributed by atoms with Crippen LogP contribution in [0.1, 0.15) is 60.0 Å². The number of amides is 3. The normalized spacial score (nSPS) is 28.1. The molecule has 1 aromatic carbocycles. The monoisotopic (exact) mass is 410 g/mol. The largest absolute Gasteiger partial charge is 0.322 e. The first-order valence-electron chi connectivity index (χ1n) is 11.3. The van der Waals surface area contributed by atoms with Gasteiger partial charge in [-0.2, -0.15) is 0 Å². The van der Waals surface area contributed by atoms with E-state index < -0.39 is 6.04 Å². The highest BCUT2D eigenvalue weighted by Crippen LogP contribution is 2.32. The van der Waals surface area contributed by atoms with Crippen LogP contribution in [0.4, 0.5) is 0 Å². The molecule has 0 aromatic heterocycles. The van der Waals surface area contributed by atoms with E-state index in [9.17, 15) is 14.4 Å². The van der Waals surface area contributed by atoms with Gasteiger partial charge in [0.1, 0.15) is 6.04 Å². The number of likely N-dealkylation sites (tertiary alicyclic amines) is 1. The van der Waals surface area contributed by atoms with Crippen LogP contribution in [0, 0.1) is 5.92 Å². The van der Waals surface area contributed by atoms with Crippen LogP contribution < -0.4 is 10.6 Å². The highest BCUT2D eigenvalue weighted by atomic mass is 16.2. The van der Waals surface area contributed by atoms with Crippen molar-refractivity contribution in [2.75, 3.05) is 19.6 Å². The van der Waals surface area contributed by atoms with Crippen LogP contribution in [0.3, 0.4) is 0 Å². The summed E-state index contributed by atoms with van der Waals surface area (Å²) in [7, 11) is 0. The number of hydrogen-bond acceptors (Lipinski definition) is 5. The quantitative estimate of drug-likeness (QED) is 0.734. The third-order valence-corrected chi connectivity index (χ3v) is 7.32. The van der Waals surface area contributed by atoms with Crippen molar-refractivity contribution in [1.82, 2.24) is 20.4 Å². The Morgan fingerprint density at radius 1 is 1.03 bits per heavy atom. The molecular weight excluding hydrogens is 380 g/mol. The second kappa shape index (κ2) is 8.12. The number of benzene rings is 1. The maximum Gasteiger partial charge on any atom is 0.255 e. The van der Waals surface area contributed by atoms with E-state index in [0.29, 0.717) is 19.0 Å². The molecule has 4 aliphatic rings. The molecule has 0 spiro atoms. The Morgan fingerprint density at radius 2 is 1.87 bits per heavy atom. The Morgan fingerprint density at radius 3 is 2.67 bits per heavy atom. The SMILES string of the molecule is O=C1CCC(N2Cc3ccc(CN4CCCC4C4CCNCC4)cc3C2=O)C(=O)N1. The molecule has 2 unspecified atom stereocenters. The van der Waals surface area contributed by atoms with Gasteiger partial charge in [0.2, 0.25) is 11.8 Å². The summed E-state index contributed by atoms with van der Waals surface area (Å²) in [6.45, 7) is 4.70. The van der Waals surface area contributed by atoms with Crippen molar-refractivity contribution in [1.29, 1.82) is 0 Å². The van der Waals surface area contributed by atoms with E-state index in [1.165, 1.54) is 31.2 Å². The molecule has 4 aliphatic heterocycles. The van der Waals surface area contributed by atoms with Crippen LogP contribution in [0.25, 0.3) is 0 Å². The number of rotatable bonds is 4. The number of hydrogen-bond donors (Lipinski definition) is 2. The minimum atomic E-state index is -0.547. The summed E-state index contributed by atoms with van der Waals surface area (Å²) in [5.41, 5.74) is 2.87. The molecule has 30 heavy (non-hydrogen) atoms. The molecule has 5 rings (SSSR count). The lowest BCUT2D eigenvalue weighted by atomic mass is 9.88. The summed E-state index contributed by atoms with van der Waals surface area (Å²) in [5, 5.41) is 5.83. The molecule has 0 saturated carbocycles. The van der Waals surface area contributed by atoms with Gasteiger partial charge < -0.3 is 10.2 Å². The van der Waals surface area contributed by atoms with Gasteiger partial charge in [0, 0.05) is 31.1 Å². The van der Waals surface area contributed by atoms with Gasteiger partial charge in [-0.1, -0.05) is 12.1 Å². The lowest BCUT2D eigenvalue weighted by Crippen LogP contribution is -2.52. The summed E-state index contributed by atoms with van der Waals surface area (Å²) in [6.07, 6.45) is 5.73. The molecule has 7 nitrogen and oxygen atoms in total. The minimum absolute atomic E-state index is 0.0855. The zero-order chi connectivity index (χ0) is 20.7.